The molecule has 0 spiro atoms. The second-order valence-corrected chi connectivity index (χ2v) is 6.60. The van der Waals surface area contributed by atoms with Crippen molar-refractivity contribution in [2.24, 2.45) is 0 Å². The van der Waals surface area contributed by atoms with Crippen LogP contribution in [0.25, 0.3) is 0 Å². The summed E-state index contributed by atoms with van der Waals surface area (Å²) in [6.07, 6.45) is -0.00302. The number of carbonyl (C=O) groups excluding carboxylic acids is 1. The lowest BCUT2D eigenvalue weighted by Crippen LogP contribution is -2.28. The maximum Gasteiger partial charge on any atom is 0.240 e. The smallest absolute Gasteiger partial charge is 0.240 e. The van der Waals surface area contributed by atoms with E-state index in [0.29, 0.717) is 11.6 Å². The van der Waals surface area contributed by atoms with Crippen LogP contribution in [0.2, 0.25) is 0 Å². The maximum absolute atomic E-state index is 12.1. The fraction of sp³-hybridized carbons (Fsp3) is 0.286. The van der Waals surface area contributed by atoms with E-state index < -0.39 is 10.0 Å². The van der Waals surface area contributed by atoms with Gasteiger partial charge < -0.3 is 9.84 Å². The zero-order valence-electron chi connectivity index (χ0n) is 12.3. The van der Waals surface area contributed by atoms with Crippen molar-refractivity contribution >= 4 is 21.7 Å². The molecule has 1 aromatic heterocycles. The molecule has 7 nitrogen and oxygen atoms in total. The van der Waals surface area contributed by atoms with Crippen LogP contribution < -0.4 is 10.0 Å². The van der Waals surface area contributed by atoms with Gasteiger partial charge in [0.15, 0.2) is 5.82 Å². The fourth-order valence-corrected chi connectivity index (χ4v) is 2.93. The number of aromatic nitrogens is 1. The van der Waals surface area contributed by atoms with Crippen molar-refractivity contribution in [3.05, 3.63) is 41.7 Å². The molecule has 0 aliphatic heterocycles. The zero-order chi connectivity index (χ0) is 16.2. The molecule has 1 aromatic carbocycles. The van der Waals surface area contributed by atoms with Crippen molar-refractivity contribution in [3.8, 4) is 0 Å². The summed E-state index contributed by atoms with van der Waals surface area (Å²) in [6, 6.07) is 8.14. The summed E-state index contributed by atoms with van der Waals surface area (Å²) in [7, 11) is -3.61. The summed E-state index contributed by atoms with van der Waals surface area (Å²) in [5, 5.41) is 6.14. The molecule has 0 saturated heterocycles. The molecule has 1 amide bonds. The molecule has 0 unspecified atom stereocenters. The Kier molecular flexibility index (Phi) is 4.94. The van der Waals surface area contributed by atoms with Crippen LogP contribution in [0.1, 0.15) is 17.7 Å². The molecule has 0 radical (unpaired) electrons. The van der Waals surface area contributed by atoms with Crippen LogP contribution in [-0.4, -0.2) is 26.0 Å². The van der Waals surface area contributed by atoms with Gasteiger partial charge in [-0.25, -0.2) is 13.1 Å². The number of nitrogens with one attached hydrogen (secondary N) is 2. The highest BCUT2D eigenvalue weighted by Gasteiger charge is 2.14. The number of hydrogen-bond acceptors (Lipinski definition) is 5. The molecular formula is C14H17N3O4S. The minimum Gasteiger partial charge on any atom is -0.360 e. The maximum atomic E-state index is 12.1. The predicted molar refractivity (Wildman–Crippen MR) is 80.9 cm³/mol. The van der Waals surface area contributed by atoms with Crippen molar-refractivity contribution in [2.75, 3.05) is 11.9 Å². The van der Waals surface area contributed by atoms with Gasteiger partial charge in [0.25, 0.3) is 0 Å². The van der Waals surface area contributed by atoms with E-state index in [0.717, 1.165) is 5.56 Å². The fourth-order valence-electron chi connectivity index (χ4n) is 1.80. The molecule has 2 N–H and O–H groups in total. The highest BCUT2D eigenvalue weighted by atomic mass is 32.2. The number of amides is 1. The summed E-state index contributed by atoms with van der Waals surface area (Å²) in [4.78, 5) is 11.9. The molecule has 8 heteroatoms. The van der Waals surface area contributed by atoms with E-state index in [1.165, 1.54) is 6.07 Å². The standard InChI is InChI=1S/C14H17N3O4S/c1-10-4-3-5-12(8-10)22(19,20)15-7-6-14(18)16-13-9-11(2)21-17-13/h3-5,8-9,15H,6-7H2,1-2H3,(H,16,17,18). The van der Waals surface area contributed by atoms with Crippen molar-refractivity contribution < 1.29 is 17.7 Å². The lowest BCUT2D eigenvalue weighted by molar-refractivity contribution is -0.116. The van der Waals surface area contributed by atoms with Gasteiger partial charge in [-0.15, -0.1) is 0 Å². The largest absolute Gasteiger partial charge is 0.360 e. The molecule has 118 valence electrons. The summed E-state index contributed by atoms with van der Waals surface area (Å²) < 4.78 is 31.3. The van der Waals surface area contributed by atoms with E-state index >= 15 is 0 Å². The number of hydrogen-bond donors (Lipinski definition) is 2. The molecule has 0 saturated carbocycles. The number of carbonyl (C=O) groups is 1. The third kappa shape index (κ3) is 4.40. The normalized spacial score (nSPS) is 11.4. The van der Waals surface area contributed by atoms with Gasteiger partial charge in [0, 0.05) is 19.0 Å². The van der Waals surface area contributed by atoms with E-state index in [-0.39, 0.29) is 23.8 Å². The predicted octanol–water partition coefficient (Wildman–Crippen LogP) is 1.60. The Morgan fingerprint density at radius 3 is 2.68 bits per heavy atom. The Balaban J connectivity index is 1.86. The van der Waals surface area contributed by atoms with Gasteiger partial charge in [-0.05, 0) is 31.5 Å². The van der Waals surface area contributed by atoms with Crippen LogP contribution in [-0.2, 0) is 14.8 Å². The first kappa shape index (κ1) is 16.2. The summed E-state index contributed by atoms with van der Waals surface area (Å²) in [5.41, 5.74) is 0.849. The number of aryl methyl sites for hydroxylation is 2. The van der Waals surface area contributed by atoms with Crippen molar-refractivity contribution in [1.82, 2.24) is 9.88 Å². The van der Waals surface area contributed by atoms with Gasteiger partial charge in [-0.2, -0.15) is 0 Å². The number of benzene rings is 1. The van der Waals surface area contributed by atoms with E-state index in [4.69, 9.17) is 4.52 Å². The molecule has 1 heterocycles. The van der Waals surface area contributed by atoms with Crippen molar-refractivity contribution in [2.45, 2.75) is 25.2 Å². The average molecular weight is 323 g/mol. The molecule has 2 rings (SSSR count). The molecule has 0 aliphatic rings. The molecule has 2 aromatic rings. The topological polar surface area (TPSA) is 101 Å². The van der Waals surface area contributed by atoms with Crippen LogP contribution in [0.4, 0.5) is 5.82 Å². The molecule has 0 fully saturated rings. The van der Waals surface area contributed by atoms with Gasteiger partial charge in [0.1, 0.15) is 5.76 Å². The van der Waals surface area contributed by atoms with Crippen LogP contribution in [0, 0.1) is 13.8 Å². The summed E-state index contributed by atoms with van der Waals surface area (Å²) >= 11 is 0. The van der Waals surface area contributed by atoms with Crippen LogP contribution in [0.5, 0.6) is 0 Å². The first-order valence-corrected chi connectivity index (χ1v) is 8.14. The third-order valence-corrected chi connectivity index (χ3v) is 4.30. The second kappa shape index (κ2) is 6.71. The minimum absolute atomic E-state index is 0.00105. The number of nitrogens with zero attached hydrogens (tertiary/aromatic N) is 1. The first-order valence-electron chi connectivity index (χ1n) is 6.66. The minimum atomic E-state index is -3.61. The van der Waals surface area contributed by atoms with Crippen molar-refractivity contribution in [1.29, 1.82) is 0 Å². The molecule has 0 aliphatic carbocycles. The lowest BCUT2D eigenvalue weighted by atomic mass is 10.2. The second-order valence-electron chi connectivity index (χ2n) is 4.84. The third-order valence-electron chi connectivity index (χ3n) is 2.84. The van der Waals surface area contributed by atoms with Crippen LogP contribution in [0.15, 0.2) is 39.8 Å². The van der Waals surface area contributed by atoms with E-state index in [2.05, 4.69) is 15.2 Å². The number of anilines is 1. The van der Waals surface area contributed by atoms with Crippen molar-refractivity contribution in [3.63, 3.8) is 0 Å². The first-order chi connectivity index (χ1) is 10.4. The monoisotopic (exact) mass is 323 g/mol. The Labute approximate surface area is 128 Å². The lowest BCUT2D eigenvalue weighted by Gasteiger charge is -2.07. The molecule has 0 atom stereocenters. The summed E-state index contributed by atoms with van der Waals surface area (Å²) in [6.45, 7) is 3.52. The SMILES string of the molecule is Cc1cccc(S(=O)(=O)NCCC(=O)Nc2cc(C)on2)c1. The van der Waals surface area contributed by atoms with Gasteiger partial charge in [-0.1, -0.05) is 17.3 Å². The highest BCUT2D eigenvalue weighted by Crippen LogP contribution is 2.11. The van der Waals surface area contributed by atoms with Gasteiger partial charge in [0.05, 0.1) is 4.90 Å². The van der Waals surface area contributed by atoms with E-state index in [9.17, 15) is 13.2 Å². The Morgan fingerprint density at radius 1 is 1.27 bits per heavy atom. The number of sulfonamides is 1. The van der Waals surface area contributed by atoms with Gasteiger partial charge >= 0.3 is 0 Å². The van der Waals surface area contributed by atoms with Crippen LogP contribution in [0.3, 0.4) is 0 Å². The molecular weight excluding hydrogens is 306 g/mol. The average Bonchev–Trinajstić information content (AvgIpc) is 2.84. The van der Waals surface area contributed by atoms with Gasteiger partial charge in [0.2, 0.25) is 15.9 Å². The Bertz CT molecular complexity index is 768. The Morgan fingerprint density at radius 2 is 2.05 bits per heavy atom. The zero-order valence-corrected chi connectivity index (χ0v) is 13.1. The van der Waals surface area contributed by atoms with E-state index in [1.54, 1.807) is 25.1 Å². The van der Waals surface area contributed by atoms with E-state index in [1.807, 2.05) is 13.0 Å². The summed E-state index contributed by atoms with van der Waals surface area (Å²) in [5.74, 6) is 0.541. The Hall–Kier alpha value is -2.19. The van der Waals surface area contributed by atoms with Crippen LogP contribution >= 0.6 is 0 Å². The quantitative estimate of drug-likeness (QED) is 0.841. The van der Waals surface area contributed by atoms with Gasteiger partial charge in [-0.3, -0.25) is 4.79 Å². The number of rotatable bonds is 6. The molecule has 22 heavy (non-hydrogen) atoms. The highest BCUT2D eigenvalue weighted by molar-refractivity contribution is 7.89. The molecule has 0 bridgehead atoms.